The van der Waals surface area contributed by atoms with Crippen LogP contribution in [-0.2, 0) is 5.60 Å². The van der Waals surface area contributed by atoms with Gasteiger partial charge in [0.2, 0.25) is 0 Å². The summed E-state index contributed by atoms with van der Waals surface area (Å²) in [7, 11) is 1.59. The number of methoxy groups -OCH3 is 1. The van der Waals surface area contributed by atoms with Crippen molar-refractivity contribution in [3.05, 3.63) is 59.2 Å². The number of nitrogens with zero attached hydrogens (tertiary/aromatic N) is 1. The van der Waals surface area contributed by atoms with Crippen molar-refractivity contribution in [2.45, 2.75) is 19.4 Å². The summed E-state index contributed by atoms with van der Waals surface area (Å²) in [6, 6.07) is 8.18. The number of aryl methyl sites for hydroxylation is 1. The number of ether oxygens (including phenoxy) is 1. The molecule has 4 heteroatoms. The van der Waals surface area contributed by atoms with Crippen molar-refractivity contribution in [2.24, 2.45) is 0 Å². The lowest BCUT2D eigenvalue weighted by Gasteiger charge is -2.25. The number of hydrogen-bond donors (Lipinski definition) is 1. The molecule has 0 aliphatic heterocycles. The third kappa shape index (κ3) is 2.58. The van der Waals surface area contributed by atoms with Crippen molar-refractivity contribution >= 4 is 0 Å². The molecule has 1 aromatic carbocycles. The summed E-state index contributed by atoms with van der Waals surface area (Å²) in [6.07, 6.45) is 1.10. The summed E-state index contributed by atoms with van der Waals surface area (Å²) >= 11 is 0. The molecule has 3 nitrogen and oxygen atoms in total. The van der Waals surface area contributed by atoms with Gasteiger partial charge in [-0.15, -0.1) is 0 Å². The molecule has 1 atom stereocenters. The predicted octanol–water partition coefficient (Wildman–Crippen LogP) is 2.79. The van der Waals surface area contributed by atoms with Gasteiger partial charge < -0.3 is 9.84 Å². The van der Waals surface area contributed by atoms with Gasteiger partial charge in [0.25, 0.3) is 0 Å². The zero-order valence-electron chi connectivity index (χ0n) is 11.1. The molecule has 0 aliphatic rings. The van der Waals surface area contributed by atoms with Crippen LogP contribution in [0.4, 0.5) is 4.39 Å². The van der Waals surface area contributed by atoms with E-state index in [0.717, 1.165) is 17.5 Å². The van der Waals surface area contributed by atoms with Gasteiger partial charge in [0.1, 0.15) is 17.2 Å². The Hall–Kier alpha value is -1.94. The molecule has 2 aromatic rings. The average Bonchev–Trinajstić information content (AvgIpc) is 2.38. The van der Waals surface area contributed by atoms with Crippen LogP contribution in [0.25, 0.3) is 0 Å². The standard InChI is InChI=1S/C15H16FNO2/c1-10-8-12(19-3)5-6-13(10)15(2,18)14-7-4-11(16)9-17-14/h4-9,18H,1-3H3. The lowest BCUT2D eigenvalue weighted by atomic mass is 9.88. The second-order valence-electron chi connectivity index (χ2n) is 4.61. The number of aliphatic hydroxyl groups is 1. The summed E-state index contributed by atoms with van der Waals surface area (Å²) < 4.78 is 18.0. The maximum absolute atomic E-state index is 12.9. The normalized spacial score (nSPS) is 13.9. The van der Waals surface area contributed by atoms with Crippen molar-refractivity contribution in [3.63, 3.8) is 0 Å². The largest absolute Gasteiger partial charge is 0.497 e. The fraction of sp³-hybridized carbons (Fsp3) is 0.267. The van der Waals surface area contributed by atoms with E-state index in [1.807, 2.05) is 13.0 Å². The van der Waals surface area contributed by atoms with Crippen molar-refractivity contribution in [2.75, 3.05) is 7.11 Å². The Morgan fingerprint density at radius 3 is 2.53 bits per heavy atom. The van der Waals surface area contributed by atoms with E-state index in [9.17, 15) is 9.50 Å². The van der Waals surface area contributed by atoms with Gasteiger partial charge in [0.15, 0.2) is 0 Å². The van der Waals surface area contributed by atoms with Crippen molar-refractivity contribution < 1.29 is 14.2 Å². The number of rotatable bonds is 3. The highest BCUT2D eigenvalue weighted by molar-refractivity contribution is 5.41. The van der Waals surface area contributed by atoms with Gasteiger partial charge in [-0.3, -0.25) is 4.98 Å². The number of benzene rings is 1. The van der Waals surface area contributed by atoms with Crippen LogP contribution in [0.15, 0.2) is 36.5 Å². The molecule has 2 rings (SSSR count). The first-order valence-corrected chi connectivity index (χ1v) is 5.94. The molecule has 0 bridgehead atoms. The minimum absolute atomic E-state index is 0.405. The molecule has 1 N–H and O–H groups in total. The fourth-order valence-corrected chi connectivity index (χ4v) is 2.11. The van der Waals surface area contributed by atoms with Crippen LogP contribution < -0.4 is 4.74 Å². The first-order valence-electron chi connectivity index (χ1n) is 5.94. The predicted molar refractivity (Wildman–Crippen MR) is 70.6 cm³/mol. The first kappa shape index (κ1) is 13.5. The molecule has 1 heterocycles. The van der Waals surface area contributed by atoms with Gasteiger partial charge >= 0.3 is 0 Å². The molecule has 0 radical (unpaired) electrons. The van der Waals surface area contributed by atoms with Crippen LogP contribution in [0.1, 0.15) is 23.7 Å². The molecule has 0 fully saturated rings. The summed E-state index contributed by atoms with van der Waals surface area (Å²) in [5.74, 6) is 0.301. The van der Waals surface area contributed by atoms with E-state index in [2.05, 4.69) is 4.98 Å². The van der Waals surface area contributed by atoms with E-state index in [4.69, 9.17) is 4.74 Å². The lowest BCUT2D eigenvalue weighted by molar-refractivity contribution is 0.0965. The molecular formula is C15H16FNO2. The molecule has 0 saturated heterocycles. The molecule has 0 saturated carbocycles. The smallest absolute Gasteiger partial charge is 0.141 e. The van der Waals surface area contributed by atoms with Crippen LogP contribution >= 0.6 is 0 Å². The summed E-state index contributed by atoms with van der Waals surface area (Å²) in [4.78, 5) is 3.95. The Morgan fingerprint density at radius 1 is 1.26 bits per heavy atom. The Bertz CT molecular complexity index is 579. The Balaban J connectivity index is 2.46. The third-order valence-electron chi connectivity index (χ3n) is 3.18. The van der Waals surface area contributed by atoms with E-state index >= 15 is 0 Å². The SMILES string of the molecule is COc1ccc(C(C)(O)c2ccc(F)cn2)c(C)c1. The quantitative estimate of drug-likeness (QED) is 0.923. The lowest BCUT2D eigenvalue weighted by Crippen LogP contribution is -2.25. The second-order valence-corrected chi connectivity index (χ2v) is 4.61. The van der Waals surface area contributed by atoms with E-state index < -0.39 is 11.4 Å². The van der Waals surface area contributed by atoms with Crippen LogP contribution in [0.3, 0.4) is 0 Å². The average molecular weight is 261 g/mol. The molecule has 100 valence electrons. The maximum atomic E-state index is 12.9. The number of aromatic nitrogens is 1. The molecule has 1 unspecified atom stereocenters. The van der Waals surface area contributed by atoms with Crippen LogP contribution in [0.2, 0.25) is 0 Å². The second kappa shape index (κ2) is 4.97. The Labute approximate surface area is 111 Å². The van der Waals surface area contributed by atoms with Crippen molar-refractivity contribution in [1.82, 2.24) is 4.98 Å². The number of hydrogen-bond acceptors (Lipinski definition) is 3. The molecule has 1 aromatic heterocycles. The molecule has 0 aliphatic carbocycles. The van der Waals surface area contributed by atoms with E-state index in [1.165, 1.54) is 12.1 Å². The van der Waals surface area contributed by atoms with Gasteiger partial charge in [-0.1, -0.05) is 6.07 Å². The van der Waals surface area contributed by atoms with E-state index in [0.29, 0.717) is 11.3 Å². The maximum Gasteiger partial charge on any atom is 0.141 e. The van der Waals surface area contributed by atoms with Gasteiger partial charge in [0.05, 0.1) is 19.0 Å². The molecule has 0 amide bonds. The molecular weight excluding hydrogens is 245 g/mol. The summed E-state index contributed by atoms with van der Waals surface area (Å²) in [5, 5.41) is 10.7. The fourth-order valence-electron chi connectivity index (χ4n) is 2.11. The minimum atomic E-state index is -1.27. The molecule has 19 heavy (non-hydrogen) atoms. The molecule has 0 spiro atoms. The van der Waals surface area contributed by atoms with Gasteiger partial charge in [-0.2, -0.15) is 0 Å². The summed E-state index contributed by atoms with van der Waals surface area (Å²) in [5.41, 5.74) is 0.731. The minimum Gasteiger partial charge on any atom is -0.497 e. The van der Waals surface area contributed by atoms with Crippen LogP contribution in [0, 0.1) is 12.7 Å². The zero-order valence-corrected chi connectivity index (χ0v) is 11.1. The Morgan fingerprint density at radius 2 is 2.00 bits per heavy atom. The van der Waals surface area contributed by atoms with Crippen LogP contribution in [-0.4, -0.2) is 17.2 Å². The van der Waals surface area contributed by atoms with Crippen molar-refractivity contribution in [1.29, 1.82) is 0 Å². The topological polar surface area (TPSA) is 42.4 Å². The van der Waals surface area contributed by atoms with E-state index in [1.54, 1.807) is 26.2 Å². The van der Waals surface area contributed by atoms with E-state index in [-0.39, 0.29) is 0 Å². The Kier molecular flexibility index (Phi) is 3.53. The number of halogens is 1. The van der Waals surface area contributed by atoms with Crippen LogP contribution in [0.5, 0.6) is 5.75 Å². The summed E-state index contributed by atoms with van der Waals surface area (Å²) in [6.45, 7) is 3.53. The third-order valence-corrected chi connectivity index (χ3v) is 3.18. The monoisotopic (exact) mass is 261 g/mol. The number of pyridine rings is 1. The van der Waals surface area contributed by atoms with Gasteiger partial charge in [-0.25, -0.2) is 4.39 Å². The highest BCUT2D eigenvalue weighted by atomic mass is 19.1. The zero-order chi connectivity index (χ0) is 14.0. The van der Waals surface area contributed by atoms with Crippen molar-refractivity contribution in [3.8, 4) is 5.75 Å². The van der Waals surface area contributed by atoms with Gasteiger partial charge in [0, 0.05) is 0 Å². The highest BCUT2D eigenvalue weighted by Crippen LogP contribution is 2.31. The van der Waals surface area contributed by atoms with Gasteiger partial charge in [-0.05, 0) is 49.2 Å². The first-order chi connectivity index (χ1) is 8.95. The highest BCUT2D eigenvalue weighted by Gasteiger charge is 2.28.